The van der Waals surface area contributed by atoms with Crippen LogP contribution in [0.3, 0.4) is 0 Å². The van der Waals surface area contributed by atoms with E-state index in [4.69, 9.17) is 9.47 Å². The summed E-state index contributed by atoms with van der Waals surface area (Å²) in [5, 5.41) is 2.66. The maximum absolute atomic E-state index is 11.5. The van der Waals surface area contributed by atoms with E-state index in [-0.39, 0.29) is 17.9 Å². The molecule has 0 spiro atoms. The Morgan fingerprint density at radius 1 is 1.53 bits per heavy atom. The molecule has 1 fully saturated rings. The second-order valence-electron chi connectivity index (χ2n) is 3.61. The summed E-state index contributed by atoms with van der Waals surface area (Å²) >= 11 is 0. The highest BCUT2D eigenvalue weighted by molar-refractivity contribution is 6.57. The summed E-state index contributed by atoms with van der Waals surface area (Å²) in [5.74, 6) is -0.157. The number of hydrogen-bond acceptors (Lipinski definition) is 4. The second kappa shape index (κ2) is 5.87. The Labute approximate surface area is 89.9 Å². The first kappa shape index (κ1) is 12.2. The Balaban J connectivity index is 2.20. The summed E-state index contributed by atoms with van der Waals surface area (Å²) in [5.41, 5.74) is 0.0670. The van der Waals surface area contributed by atoms with Gasteiger partial charge in [0.15, 0.2) is 14.1 Å². The standard InChI is InChI=1S/C9H16BNO4/c1-14-8-3-2-6(15-8)9(13)11-5-4-7(10)12/h6,8H,2-5,10H2,1H3,(H,11,13)/t6-,8+/m1/s1. The zero-order valence-electron chi connectivity index (χ0n) is 9.12. The third-order valence-corrected chi connectivity index (χ3v) is 2.31. The van der Waals surface area contributed by atoms with Crippen molar-refractivity contribution in [1.29, 1.82) is 0 Å². The maximum Gasteiger partial charge on any atom is 0.249 e. The molecule has 0 aromatic heterocycles. The highest BCUT2D eigenvalue weighted by atomic mass is 16.7. The van der Waals surface area contributed by atoms with Gasteiger partial charge in [-0.2, -0.15) is 0 Å². The van der Waals surface area contributed by atoms with Crippen molar-refractivity contribution in [2.75, 3.05) is 13.7 Å². The lowest BCUT2D eigenvalue weighted by molar-refractivity contribution is -0.148. The van der Waals surface area contributed by atoms with Gasteiger partial charge < -0.3 is 19.6 Å². The molecule has 1 N–H and O–H groups in total. The van der Waals surface area contributed by atoms with Crippen molar-refractivity contribution in [1.82, 2.24) is 5.32 Å². The van der Waals surface area contributed by atoms with Crippen LogP contribution in [-0.2, 0) is 19.1 Å². The number of ether oxygens (including phenoxy) is 2. The van der Waals surface area contributed by atoms with Gasteiger partial charge in [-0.3, -0.25) is 4.79 Å². The molecule has 1 aliphatic rings. The van der Waals surface area contributed by atoms with Crippen LogP contribution in [0.1, 0.15) is 19.3 Å². The van der Waals surface area contributed by atoms with Crippen molar-refractivity contribution in [3.05, 3.63) is 0 Å². The second-order valence-corrected chi connectivity index (χ2v) is 3.61. The fraction of sp³-hybridized carbons (Fsp3) is 0.778. The predicted molar refractivity (Wildman–Crippen MR) is 56.1 cm³/mol. The Morgan fingerprint density at radius 2 is 2.27 bits per heavy atom. The molecule has 84 valence electrons. The Hall–Kier alpha value is -0.875. The van der Waals surface area contributed by atoms with Crippen LogP contribution in [0.25, 0.3) is 0 Å². The summed E-state index contributed by atoms with van der Waals surface area (Å²) in [6, 6.07) is 0. The zero-order valence-corrected chi connectivity index (χ0v) is 9.12. The van der Waals surface area contributed by atoms with Gasteiger partial charge >= 0.3 is 0 Å². The average molecular weight is 213 g/mol. The van der Waals surface area contributed by atoms with Crippen LogP contribution in [0.5, 0.6) is 0 Å². The monoisotopic (exact) mass is 213 g/mol. The molecule has 1 heterocycles. The van der Waals surface area contributed by atoms with E-state index in [0.29, 0.717) is 19.4 Å². The van der Waals surface area contributed by atoms with Gasteiger partial charge in [-0.15, -0.1) is 0 Å². The van der Waals surface area contributed by atoms with Crippen molar-refractivity contribution in [3.63, 3.8) is 0 Å². The van der Waals surface area contributed by atoms with E-state index in [1.54, 1.807) is 7.11 Å². The smallest absolute Gasteiger partial charge is 0.249 e. The molecular weight excluding hydrogens is 197 g/mol. The zero-order chi connectivity index (χ0) is 11.3. The third-order valence-electron chi connectivity index (χ3n) is 2.31. The summed E-state index contributed by atoms with van der Waals surface area (Å²) < 4.78 is 10.3. The minimum absolute atomic E-state index is 0.0670. The van der Waals surface area contributed by atoms with Crippen molar-refractivity contribution in [2.45, 2.75) is 31.7 Å². The Bertz CT molecular complexity index is 246. The molecule has 1 aliphatic heterocycles. The van der Waals surface area contributed by atoms with Crippen LogP contribution in [0.4, 0.5) is 0 Å². The molecule has 0 bridgehead atoms. The molecule has 1 amide bonds. The molecule has 0 saturated carbocycles. The minimum Gasteiger partial charge on any atom is -0.356 e. The number of nitrogens with one attached hydrogen (secondary N) is 1. The lowest BCUT2D eigenvalue weighted by Crippen LogP contribution is -2.36. The molecule has 0 unspecified atom stereocenters. The van der Waals surface area contributed by atoms with E-state index in [1.165, 1.54) is 7.85 Å². The van der Waals surface area contributed by atoms with Gasteiger partial charge in [0, 0.05) is 26.5 Å². The molecule has 15 heavy (non-hydrogen) atoms. The molecule has 0 aromatic carbocycles. The van der Waals surface area contributed by atoms with E-state index >= 15 is 0 Å². The summed E-state index contributed by atoms with van der Waals surface area (Å²) in [6.07, 6.45) is 1.08. The number of rotatable bonds is 5. The minimum atomic E-state index is -0.429. The molecule has 6 heteroatoms. The third kappa shape index (κ3) is 4.01. The summed E-state index contributed by atoms with van der Waals surface area (Å²) in [4.78, 5) is 22.1. The van der Waals surface area contributed by atoms with Gasteiger partial charge in [0.2, 0.25) is 5.91 Å². The molecule has 0 aromatic rings. The molecule has 5 nitrogen and oxygen atoms in total. The molecule has 1 rings (SSSR count). The quantitative estimate of drug-likeness (QED) is 0.583. The van der Waals surface area contributed by atoms with Crippen LogP contribution in [-0.4, -0.2) is 45.5 Å². The topological polar surface area (TPSA) is 64.6 Å². The number of amides is 1. The van der Waals surface area contributed by atoms with Crippen LogP contribution in [0, 0.1) is 0 Å². The number of carbonyl (C=O) groups excluding carboxylic acids is 2. The fourth-order valence-electron chi connectivity index (χ4n) is 1.45. The first-order chi connectivity index (χ1) is 7.13. The van der Waals surface area contributed by atoms with E-state index in [1.807, 2.05) is 0 Å². The van der Waals surface area contributed by atoms with Gasteiger partial charge in [-0.1, -0.05) is 0 Å². The van der Waals surface area contributed by atoms with Gasteiger partial charge in [0.1, 0.15) is 6.10 Å². The van der Waals surface area contributed by atoms with E-state index < -0.39 is 6.10 Å². The molecule has 2 atom stereocenters. The summed E-state index contributed by atoms with van der Waals surface area (Å²) in [7, 11) is 3.06. The van der Waals surface area contributed by atoms with Gasteiger partial charge in [-0.05, 0) is 6.42 Å². The average Bonchev–Trinajstić information content (AvgIpc) is 2.65. The van der Waals surface area contributed by atoms with Crippen LogP contribution >= 0.6 is 0 Å². The lowest BCUT2D eigenvalue weighted by atomic mass is 10.00. The molecule has 1 saturated heterocycles. The number of hydrogen-bond donors (Lipinski definition) is 1. The van der Waals surface area contributed by atoms with Gasteiger partial charge in [0.05, 0.1) is 5.68 Å². The maximum atomic E-state index is 11.5. The van der Waals surface area contributed by atoms with Crippen molar-refractivity contribution < 1.29 is 19.1 Å². The van der Waals surface area contributed by atoms with Crippen LogP contribution < -0.4 is 5.32 Å². The number of carbonyl (C=O) groups is 2. The summed E-state index contributed by atoms with van der Waals surface area (Å²) in [6.45, 7) is 0.381. The normalized spacial score (nSPS) is 25.1. The van der Waals surface area contributed by atoms with Crippen molar-refractivity contribution in [2.24, 2.45) is 0 Å². The fourth-order valence-corrected chi connectivity index (χ4v) is 1.45. The Kier molecular flexibility index (Phi) is 4.78. The van der Waals surface area contributed by atoms with E-state index in [2.05, 4.69) is 5.32 Å². The molecule has 0 aliphatic carbocycles. The van der Waals surface area contributed by atoms with Gasteiger partial charge in [0.25, 0.3) is 0 Å². The highest BCUT2D eigenvalue weighted by Gasteiger charge is 2.30. The number of methoxy groups -OCH3 is 1. The first-order valence-corrected chi connectivity index (χ1v) is 5.09. The largest absolute Gasteiger partial charge is 0.356 e. The van der Waals surface area contributed by atoms with Crippen molar-refractivity contribution >= 4 is 19.4 Å². The highest BCUT2D eigenvalue weighted by Crippen LogP contribution is 2.19. The predicted octanol–water partition coefficient (Wildman–Crippen LogP) is -1.20. The van der Waals surface area contributed by atoms with Crippen LogP contribution in [0.2, 0.25) is 0 Å². The van der Waals surface area contributed by atoms with Crippen molar-refractivity contribution in [3.8, 4) is 0 Å². The molecule has 0 radical (unpaired) electrons. The van der Waals surface area contributed by atoms with E-state index in [0.717, 1.165) is 6.42 Å². The SMILES string of the molecule is BC(=O)CCNC(=O)[C@H]1CC[C@@H](OC)O1. The Morgan fingerprint density at radius 3 is 2.80 bits per heavy atom. The van der Waals surface area contributed by atoms with Crippen LogP contribution in [0.15, 0.2) is 0 Å². The molecular formula is C9H16BNO4. The van der Waals surface area contributed by atoms with E-state index in [9.17, 15) is 9.59 Å². The lowest BCUT2D eigenvalue weighted by Gasteiger charge is -2.12. The van der Waals surface area contributed by atoms with Gasteiger partial charge in [-0.25, -0.2) is 0 Å². The first-order valence-electron chi connectivity index (χ1n) is 5.09.